The number of nitrogen functional groups attached to an aromatic ring is 1. The molecule has 0 saturated carbocycles. The number of sulfonamides is 1. The smallest absolute Gasteiger partial charge is 0.246 e. The topological polar surface area (TPSA) is 92.5 Å². The Morgan fingerprint density at radius 2 is 1.81 bits per heavy atom. The van der Waals surface area contributed by atoms with Gasteiger partial charge >= 0.3 is 0 Å². The summed E-state index contributed by atoms with van der Waals surface area (Å²) in [6.07, 6.45) is 0. The minimum Gasteiger partial charge on any atom is -0.399 e. The van der Waals surface area contributed by atoms with E-state index in [1.54, 1.807) is 13.8 Å². The summed E-state index contributed by atoms with van der Waals surface area (Å²) in [5.41, 5.74) is 4.97. The molecule has 0 atom stereocenters. The van der Waals surface area contributed by atoms with Crippen molar-refractivity contribution >= 4 is 53.5 Å². The van der Waals surface area contributed by atoms with Crippen molar-refractivity contribution in [1.82, 2.24) is 9.62 Å². The van der Waals surface area contributed by atoms with Crippen molar-refractivity contribution in [1.29, 1.82) is 0 Å². The number of halogens is 2. The highest BCUT2D eigenvalue weighted by atomic mass is 79.9. The highest BCUT2D eigenvalue weighted by molar-refractivity contribution is 9.11. The molecule has 0 aromatic heterocycles. The van der Waals surface area contributed by atoms with Gasteiger partial charge < -0.3 is 11.1 Å². The number of carbonyl (C=O) groups is 1. The summed E-state index contributed by atoms with van der Waals surface area (Å²) in [7, 11) is -3.86. The highest BCUT2D eigenvalue weighted by Crippen LogP contribution is 2.37. The molecule has 1 aromatic rings. The molecule has 9 heteroatoms. The van der Waals surface area contributed by atoms with Crippen LogP contribution >= 0.6 is 31.9 Å². The molecule has 2 rings (SSSR count). The third-order valence-corrected chi connectivity index (χ3v) is 7.30. The molecule has 0 spiro atoms. The lowest BCUT2D eigenvalue weighted by molar-refractivity contribution is -0.131. The summed E-state index contributed by atoms with van der Waals surface area (Å²) in [5, 5.41) is 2.68. The molecule has 1 saturated heterocycles. The van der Waals surface area contributed by atoms with E-state index in [2.05, 4.69) is 37.2 Å². The predicted octanol–water partition coefficient (Wildman–Crippen LogP) is 1.69. The van der Waals surface area contributed by atoms with Crippen LogP contribution in [-0.4, -0.2) is 37.3 Å². The van der Waals surface area contributed by atoms with Gasteiger partial charge in [-0.05, 0) is 57.8 Å². The van der Waals surface area contributed by atoms with Gasteiger partial charge in [0.15, 0.2) is 0 Å². The fraction of sp³-hybridized carbons (Fsp3) is 0.417. The molecule has 21 heavy (non-hydrogen) atoms. The van der Waals surface area contributed by atoms with Crippen LogP contribution in [-0.2, 0) is 14.8 Å². The normalized spacial score (nSPS) is 19.3. The first-order valence-corrected chi connectivity index (χ1v) is 9.16. The van der Waals surface area contributed by atoms with Gasteiger partial charge in [-0.3, -0.25) is 4.79 Å². The minimum atomic E-state index is -3.86. The quantitative estimate of drug-likeness (QED) is 0.684. The summed E-state index contributed by atoms with van der Waals surface area (Å²) in [4.78, 5) is 12.0. The summed E-state index contributed by atoms with van der Waals surface area (Å²) in [6.45, 7) is 3.66. The maximum atomic E-state index is 12.9. The first-order chi connectivity index (χ1) is 9.58. The Morgan fingerprint density at radius 3 is 2.33 bits per heavy atom. The third-order valence-electron chi connectivity index (χ3n) is 3.35. The van der Waals surface area contributed by atoms with Crippen LogP contribution in [0.3, 0.4) is 0 Å². The summed E-state index contributed by atoms with van der Waals surface area (Å²) in [5.74, 6) is -0.319. The zero-order chi connectivity index (χ0) is 16.0. The van der Waals surface area contributed by atoms with E-state index in [1.165, 1.54) is 16.4 Å². The lowest BCUT2D eigenvalue weighted by atomic mass is 10.0. The lowest BCUT2D eigenvalue weighted by Crippen LogP contribution is -2.63. The summed E-state index contributed by atoms with van der Waals surface area (Å²) in [6, 6.07) is 3.04. The molecule has 1 aliphatic rings. The number of rotatable bonds is 2. The highest BCUT2D eigenvalue weighted by Gasteiger charge is 2.45. The molecule has 3 N–H and O–H groups in total. The van der Waals surface area contributed by atoms with E-state index in [1.807, 2.05) is 0 Å². The van der Waals surface area contributed by atoms with Crippen LogP contribution in [0.15, 0.2) is 26.0 Å². The molecule has 1 aliphatic heterocycles. The first kappa shape index (κ1) is 16.7. The average molecular weight is 441 g/mol. The van der Waals surface area contributed by atoms with Crippen LogP contribution < -0.4 is 11.1 Å². The standard InChI is InChI=1S/C12H15Br2N3O3S/c1-12(2)11(18)16-3-4-17(12)21(19,20)10-8(13)5-7(15)6-9(10)14/h5-6H,3-4,15H2,1-2H3,(H,16,18). The second-order valence-electron chi connectivity index (χ2n) is 5.21. The molecule has 0 aliphatic carbocycles. The Hall–Kier alpha value is -0.640. The largest absolute Gasteiger partial charge is 0.399 e. The number of hydrogen-bond donors (Lipinski definition) is 2. The van der Waals surface area contributed by atoms with E-state index in [-0.39, 0.29) is 23.9 Å². The summed E-state index contributed by atoms with van der Waals surface area (Å²) < 4.78 is 27.8. The van der Waals surface area contributed by atoms with E-state index in [9.17, 15) is 13.2 Å². The molecule has 0 bridgehead atoms. The number of nitrogens with two attached hydrogens (primary N) is 1. The van der Waals surface area contributed by atoms with Crippen molar-refractivity contribution in [2.45, 2.75) is 24.3 Å². The molecule has 1 amide bonds. The molecule has 6 nitrogen and oxygen atoms in total. The van der Waals surface area contributed by atoms with Gasteiger partial charge in [-0.15, -0.1) is 0 Å². The number of benzene rings is 1. The Kier molecular flexibility index (Phi) is 4.40. The van der Waals surface area contributed by atoms with Gasteiger partial charge in [-0.2, -0.15) is 4.31 Å². The average Bonchev–Trinajstić information content (AvgIpc) is 2.30. The number of carbonyl (C=O) groups excluding carboxylic acids is 1. The van der Waals surface area contributed by atoms with Crippen LogP contribution in [0, 0.1) is 0 Å². The van der Waals surface area contributed by atoms with Gasteiger partial charge in [0.25, 0.3) is 0 Å². The zero-order valence-electron chi connectivity index (χ0n) is 11.5. The van der Waals surface area contributed by atoms with E-state index in [4.69, 9.17) is 5.73 Å². The Labute approximate surface area is 140 Å². The second-order valence-corrected chi connectivity index (χ2v) is 8.71. The zero-order valence-corrected chi connectivity index (χ0v) is 15.5. The third kappa shape index (κ3) is 2.84. The first-order valence-electron chi connectivity index (χ1n) is 6.14. The Bertz CT molecular complexity index is 681. The van der Waals surface area contributed by atoms with Crippen molar-refractivity contribution < 1.29 is 13.2 Å². The maximum absolute atomic E-state index is 12.9. The lowest BCUT2D eigenvalue weighted by Gasteiger charge is -2.40. The van der Waals surface area contributed by atoms with Gasteiger partial charge in [0.2, 0.25) is 15.9 Å². The van der Waals surface area contributed by atoms with E-state index >= 15 is 0 Å². The van der Waals surface area contributed by atoms with Crippen molar-refractivity contribution in [3.63, 3.8) is 0 Å². The van der Waals surface area contributed by atoms with E-state index in [0.29, 0.717) is 14.6 Å². The molecule has 1 fully saturated rings. The maximum Gasteiger partial charge on any atom is 0.246 e. The molecular weight excluding hydrogens is 426 g/mol. The molecular formula is C12H15Br2N3O3S. The molecule has 1 heterocycles. The molecule has 116 valence electrons. The number of amides is 1. The SMILES string of the molecule is CC1(C)C(=O)NCCN1S(=O)(=O)c1c(Br)cc(N)cc1Br. The van der Waals surface area contributed by atoms with Crippen molar-refractivity contribution in [3.05, 3.63) is 21.1 Å². The van der Waals surface area contributed by atoms with Gasteiger partial charge in [0.05, 0.1) is 0 Å². The van der Waals surface area contributed by atoms with Crippen molar-refractivity contribution in [2.75, 3.05) is 18.8 Å². The minimum absolute atomic E-state index is 0.0690. The predicted molar refractivity (Wildman–Crippen MR) is 87.2 cm³/mol. The number of anilines is 1. The van der Waals surface area contributed by atoms with Gasteiger partial charge in [0, 0.05) is 27.7 Å². The van der Waals surface area contributed by atoms with Crippen LogP contribution in [0.1, 0.15) is 13.8 Å². The number of nitrogens with zero attached hydrogens (tertiary/aromatic N) is 1. The van der Waals surface area contributed by atoms with Crippen LogP contribution in [0.5, 0.6) is 0 Å². The molecule has 1 aromatic carbocycles. The fourth-order valence-corrected chi connectivity index (χ4v) is 6.53. The van der Waals surface area contributed by atoms with E-state index < -0.39 is 15.6 Å². The van der Waals surface area contributed by atoms with Crippen LogP contribution in [0.2, 0.25) is 0 Å². The molecule has 0 radical (unpaired) electrons. The number of piperazine rings is 1. The Morgan fingerprint density at radius 1 is 1.29 bits per heavy atom. The number of nitrogens with one attached hydrogen (secondary N) is 1. The van der Waals surface area contributed by atoms with Gasteiger partial charge in [-0.25, -0.2) is 8.42 Å². The van der Waals surface area contributed by atoms with Crippen LogP contribution in [0.25, 0.3) is 0 Å². The second kappa shape index (κ2) is 5.53. The van der Waals surface area contributed by atoms with E-state index in [0.717, 1.165) is 0 Å². The van der Waals surface area contributed by atoms with Gasteiger partial charge in [0.1, 0.15) is 10.4 Å². The number of hydrogen-bond acceptors (Lipinski definition) is 4. The Balaban J connectivity index is 2.60. The van der Waals surface area contributed by atoms with Crippen LogP contribution in [0.4, 0.5) is 5.69 Å². The summed E-state index contributed by atoms with van der Waals surface area (Å²) >= 11 is 6.47. The van der Waals surface area contributed by atoms with Gasteiger partial charge in [-0.1, -0.05) is 0 Å². The van der Waals surface area contributed by atoms with Crippen molar-refractivity contribution in [3.8, 4) is 0 Å². The fourth-order valence-electron chi connectivity index (χ4n) is 2.24. The molecule has 0 unspecified atom stereocenters. The monoisotopic (exact) mass is 439 g/mol. The van der Waals surface area contributed by atoms with Crippen molar-refractivity contribution in [2.24, 2.45) is 0 Å².